The number of hydrogen-bond donors (Lipinski definition) is 2. The lowest BCUT2D eigenvalue weighted by Gasteiger charge is -2.08. The van der Waals surface area contributed by atoms with Crippen molar-refractivity contribution in [1.82, 2.24) is 4.98 Å². The van der Waals surface area contributed by atoms with Crippen LogP contribution in [0.25, 0.3) is 22.6 Å². The van der Waals surface area contributed by atoms with Gasteiger partial charge in [0.1, 0.15) is 16.8 Å². The highest BCUT2D eigenvalue weighted by molar-refractivity contribution is 6.07. The molecule has 1 heterocycles. The molecule has 4 aromatic rings. The van der Waals surface area contributed by atoms with Crippen LogP contribution in [0.15, 0.2) is 59.0 Å². The van der Waals surface area contributed by atoms with Gasteiger partial charge in [-0.3, -0.25) is 14.9 Å². The number of amides is 1. The Bertz CT molecular complexity index is 1270. The lowest BCUT2D eigenvalue weighted by atomic mass is 10.1. The molecular weight excluding hydrogens is 386 g/mol. The summed E-state index contributed by atoms with van der Waals surface area (Å²) in [6, 6.07) is 13.8. The first kappa shape index (κ1) is 19.1. The number of para-hydroxylation sites is 1. The van der Waals surface area contributed by atoms with Gasteiger partial charge in [-0.2, -0.15) is 0 Å². The SMILES string of the molecule is Cc1cc2nc(-c3cc(NC(=O)c4ccccc4[N+](=O)[O-])ccc3O)oc2cc1C. The summed E-state index contributed by atoms with van der Waals surface area (Å²) in [6.45, 7) is 3.94. The monoisotopic (exact) mass is 403 g/mol. The van der Waals surface area contributed by atoms with Crippen molar-refractivity contribution < 1.29 is 19.2 Å². The van der Waals surface area contributed by atoms with E-state index in [9.17, 15) is 20.0 Å². The average Bonchev–Trinajstić information content (AvgIpc) is 3.12. The predicted molar refractivity (Wildman–Crippen MR) is 112 cm³/mol. The molecule has 0 aliphatic rings. The van der Waals surface area contributed by atoms with Crippen molar-refractivity contribution in [1.29, 1.82) is 0 Å². The molecule has 2 N–H and O–H groups in total. The molecule has 0 fully saturated rings. The number of nitrogens with one attached hydrogen (secondary N) is 1. The Labute approximate surface area is 170 Å². The van der Waals surface area contributed by atoms with Crippen molar-refractivity contribution in [3.8, 4) is 17.2 Å². The summed E-state index contributed by atoms with van der Waals surface area (Å²) >= 11 is 0. The number of fused-ring (bicyclic) bond motifs is 1. The number of aromatic nitrogens is 1. The van der Waals surface area contributed by atoms with Gasteiger partial charge in [0, 0.05) is 11.8 Å². The van der Waals surface area contributed by atoms with E-state index >= 15 is 0 Å². The van der Waals surface area contributed by atoms with E-state index in [1.165, 1.54) is 36.4 Å². The third kappa shape index (κ3) is 3.46. The minimum absolute atomic E-state index is 0.0649. The van der Waals surface area contributed by atoms with E-state index in [2.05, 4.69) is 10.3 Å². The summed E-state index contributed by atoms with van der Waals surface area (Å²) in [5.41, 5.74) is 3.63. The van der Waals surface area contributed by atoms with E-state index < -0.39 is 10.8 Å². The third-order valence-corrected chi connectivity index (χ3v) is 4.83. The molecule has 1 amide bonds. The Hall–Kier alpha value is -4.20. The first-order chi connectivity index (χ1) is 14.3. The number of benzene rings is 3. The third-order valence-electron chi connectivity index (χ3n) is 4.83. The Morgan fingerprint density at radius 1 is 1.10 bits per heavy atom. The van der Waals surface area contributed by atoms with Gasteiger partial charge in [-0.15, -0.1) is 0 Å². The maximum Gasteiger partial charge on any atom is 0.282 e. The summed E-state index contributed by atoms with van der Waals surface area (Å²) < 4.78 is 5.79. The average molecular weight is 403 g/mol. The van der Waals surface area contributed by atoms with Gasteiger partial charge in [0.25, 0.3) is 11.6 Å². The van der Waals surface area contributed by atoms with Crippen LogP contribution < -0.4 is 5.32 Å². The number of carbonyl (C=O) groups excluding carboxylic acids is 1. The fourth-order valence-electron chi connectivity index (χ4n) is 3.10. The molecule has 30 heavy (non-hydrogen) atoms. The van der Waals surface area contributed by atoms with Crippen LogP contribution in [0.4, 0.5) is 11.4 Å². The van der Waals surface area contributed by atoms with Gasteiger partial charge in [0.15, 0.2) is 5.58 Å². The Balaban J connectivity index is 1.69. The van der Waals surface area contributed by atoms with Crippen molar-refractivity contribution in [3.63, 3.8) is 0 Å². The lowest BCUT2D eigenvalue weighted by molar-refractivity contribution is -0.385. The molecule has 3 aromatic carbocycles. The Morgan fingerprint density at radius 3 is 2.60 bits per heavy atom. The molecule has 8 heteroatoms. The smallest absolute Gasteiger partial charge is 0.282 e. The maximum absolute atomic E-state index is 12.6. The van der Waals surface area contributed by atoms with Crippen LogP contribution >= 0.6 is 0 Å². The minimum atomic E-state index is -0.636. The van der Waals surface area contributed by atoms with Gasteiger partial charge < -0.3 is 14.8 Å². The molecule has 150 valence electrons. The molecule has 0 aliphatic carbocycles. The van der Waals surface area contributed by atoms with Gasteiger partial charge in [0.2, 0.25) is 5.89 Å². The zero-order valence-corrected chi connectivity index (χ0v) is 16.2. The molecule has 0 saturated heterocycles. The van der Waals surface area contributed by atoms with E-state index in [1.807, 2.05) is 26.0 Å². The molecule has 0 aliphatic heterocycles. The normalized spacial score (nSPS) is 10.9. The van der Waals surface area contributed by atoms with Crippen molar-refractivity contribution in [2.45, 2.75) is 13.8 Å². The van der Waals surface area contributed by atoms with E-state index in [4.69, 9.17) is 4.42 Å². The molecule has 0 radical (unpaired) electrons. The van der Waals surface area contributed by atoms with Crippen LogP contribution in [-0.4, -0.2) is 20.9 Å². The van der Waals surface area contributed by atoms with Gasteiger partial charge in [-0.1, -0.05) is 12.1 Å². The molecule has 8 nitrogen and oxygen atoms in total. The van der Waals surface area contributed by atoms with Crippen LogP contribution in [0.2, 0.25) is 0 Å². The fraction of sp³-hybridized carbons (Fsp3) is 0.0909. The summed E-state index contributed by atoms with van der Waals surface area (Å²) in [5, 5.41) is 24.1. The molecule has 0 spiro atoms. The summed E-state index contributed by atoms with van der Waals surface area (Å²) in [6.07, 6.45) is 0. The number of nitro benzene ring substituents is 1. The number of carbonyl (C=O) groups is 1. The van der Waals surface area contributed by atoms with E-state index in [0.717, 1.165) is 11.1 Å². The molecule has 0 atom stereocenters. The van der Waals surface area contributed by atoms with Gasteiger partial charge >= 0.3 is 0 Å². The quantitative estimate of drug-likeness (QED) is 0.282. The second-order valence-electron chi connectivity index (χ2n) is 6.88. The van der Waals surface area contributed by atoms with Gasteiger partial charge in [0.05, 0.1) is 10.5 Å². The number of aryl methyl sites for hydroxylation is 2. The van der Waals surface area contributed by atoms with Crippen molar-refractivity contribution in [3.05, 3.63) is 81.4 Å². The Kier molecular flexibility index (Phi) is 4.67. The topological polar surface area (TPSA) is 118 Å². The highest BCUT2D eigenvalue weighted by Gasteiger charge is 2.20. The molecule has 0 bridgehead atoms. The first-order valence-electron chi connectivity index (χ1n) is 9.09. The van der Waals surface area contributed by atoms with Crippen LogP contribution in [0.1, 0.15) is 21.5 Å². The first-order valence-corrected chi connectivity index (χ1v) is 9.09. The number of oxazole rings is 1. The molecule has 4 rings (SSSR count). The summed E-state index contributed by atoms with van der Waals surface area (Å²) in [5.74, 6) is -0.504. The van der Waals surface area contributed by atoms with Crippen molar-refractivity contribution in [2.75, 3.05) is 5.32 Å². The van der Waals surface area contributed by atoms with Gasteiger partial charge in [-0.25, -0.2) is 4.98 Å². The second-order valence-corrected chi connectivity index (χ2v) is 6.88. The molecule has 0 unspecified atom stereocenters. The number of phenolic OH excluding ortho intramolecular Hbond substituents is 1. The number of anilines is 1. The standard InChI is InChI=1S/C22H17N3O5/c1-12-9-17-20(10-13(12)2)30-22(24-17)16-11-14(7-8-19(16)26)23-21(27)15-5-3-4-6-18(15)25(28)29/h3-11,26H,1-2H3,(H,23,27). The summed E-state index contributed by atoms with van der Waals surface area (Å²) in [4.78, 5) is 27.6. The Morgan fingerprint density at radius 2 is 1.83 bits per heavy atom. The molecular formula is C22H17N3O5. The van der Waals surface area contributed by atoms with Crippen LogP contribution in [0, 0.1) is 24.0 Å². The van der Waals surface area contributed by atoms with E-state index in [0.29, 0.717) is 22.4 Å². The van der Waals surface area contributed by atoms with Crippen LogP contribution in [0.3, 0.4) is 0 Å². The number of hydrogen-bond acceptors (Lipinski definition) is 6. The number of nitro groups is 1. The second kappa shape index (κ2) is 7.32. The lowest BCUT2D eigenvalue weighted by Crippen LogP contribution is -2.13. The zero-order valence-electron chi connectivity index (χ0n) is 16.2. The van der Waals surface area contributed by atoms with Gasteiger partial charge in [-0.05, 0) is 61.4 Å². The summed E-state index contributed by atoms with van der Waals surface area (Å²) in [7, 11) is 0. The number of nitrogens with zero attached hydrogens (tertiary/aromatic N) is 2. The van der Waals surface area contributed by atoms with Crippen molar-refractivity contribution >= 4 is 28.4 Å². The highest BCUT2D eigenvalue weighted by Crippen LogP contribution is 2.34. The number of rotatable bonds is 4. The van der Waals surface area contributed by atoms with Crippen LogP contribution in [-0.2, 0) is 0 Å². The van der Waals surface area contributed by atoms with E-state index in [-0.39, 0.29) is 22.9 Å². The van der Waals surface area contributed by atoms with E-state index in [1.54, 1.807) is 6.07 Å². The number of aromatic hydroxyl groups is 1. The predicted octanol–water partition coefficient (Wildman–Crippen LogP) is 4.98. The van der Waals surface area contributed by atoms with Crippen LogP contribution in [0.5, 0.6) is 5.75 Å². The zero-order chi connectivity index (χ0) is 21.4. The highest BCUT2D eigenvalue weighted by atomic mass is 16.6. The fourth-order valence-corrected chi connectivity index (χ4v) is 3.10. The maximum atomic E-state index is 12.6. The minimum Gasteiger partial charge on any atom is -0.507 e. The molecule has 0 saturated carbocycles. The van der Waals surface area contributed by atoms with Crippen molar-refractivity contribution in [2.24, 2.45) is 0 Å². The largest absolute Gasteiger partial charge is 0.507 e. The molecule has 1 aromatic heterocycles. The number of phenols is 1.